The first-order chi connectivity index (χ1) is 6.87. The minimum atomic E-state index is -1.27. The Morgan fingerprint density at radius 2 is 1.47 bits per heavy atom. The van der Waals surface area contributed by atoms with Crippen LogP contribution in [0.1, 0.15) is 27.7 Å². The molecule has 0 radical (unpaired) electrons. The topological polar surface area (TPSA) is 57.5 Å². The maximum absolute atomic E-state index is 10.9. The van der Waals surface area contributed by atoms with Crippen LogP contribution in [-0.2, 0) is 4.79 Å². The highest BCUT2D eigenvalue weighted by molar-refractivity contribution is 5.77. The second kappa shape index (κ2) is 5.39. The third-order valence-electron chi connectivity index (χ3n) is 2.09. The lowest BCUT2D eigenvalue weighted by atomic mass is 9.88. The Labute approximate surface area is 90.4 Å². The Kier molecular flexibility index (Phi) is 4.85. The molecule has 0 aliphatic rings. The van der Waals surface area contributed by atoms with Crippen LogP contribution in [0, 0.1) is 5.41 Å². The van der Waals surface area contributed by atoms with Crippen LogP contribution in [-0.4, -0.2) is 16.2 Å². The fraction of sp³-hybridized carbons (Fsp3) is 0.417. The van der Waals surface area contributed by atoms with Crippen LogP contribution < -0.4 is 0 Å². The zero-order valence-corrected chi connectivity index (χ0v) is 9.61. The van der Waals surface area contributed by atoms with E-state index in [4.69, 9.17) is 5.11 Å². The molecule has 0 rings (SSSR count). The van der Waals surface area contributed by atoms with Gasteiger partial charge in [-0.1, -0.05) is 24.3 Å². The standard InChI is InChI=1S/C12H18O3/c1-5-7-9(8-6-2)10(13)12(3,4)11(14)15/h5-8,13H,1-4H3,(H,14,15)/b7-5-,8-6+,10-9?. The zero-order chi connectivity index (χ0) is 12.1. The number of hydrogen-bond donors (Lipinski definition) is 2. The van der Waals surface area contributed by atoms with Crippen LogP contribution in [0.25, 0.3) is 0 Å². The molecule has 0 unspecified atom stereocenters. The molecular formula is C12H18O3. The van der Waals surface area contributed by atoms with E-state index in [-0.39, 0.29) is 5.76 Å². The molecule has 3 nitrogen and oxygen atoms in total. The lowest BCUT2D eigenvalue weighted by Crippen LogP contribution is -2.26. The number of allylic oxidation sites excluding steroid dienone is 5. The largest absolute Gasteiger partial charge is 0.510 e. The van der Waals surface area contributed by atoms with Gasteiger partial charge >= 0.3 is 5.97 Å². The zero-order valence-electron chi connectivity index (χ0n) is 9.61. The van der Waals surface area contributed by atoms with Gasteiger partial charge in [-0.25, -0.2) is 0 Å². The van der Waals surface area contributed by atoms with Gasteiger partial charge in [-0.3, -0.25) is 4.79 Å². The van der Waals surface area contributed by atoms with Crippen molar-refractivity contribution in [2.75, 3.05) is 0 Å². The summed E-state index contributed by atoms with van der Waals surface area (Å²) in [6.45, 7) is 6.56. The summed E-state index contributed by atoms with van der Waals surface area (Å²) in [7, 11) is 0. The van der Waals surface area contributed by atoms with Crippen LogP contribution >= 0.6 is 0 Å². The van der Waals surface area contributed by atoms with Crippen molar-refractivity contribution in [1.82, 2.24) is 0 Å². The molecule has 0 aromatic rings. The first-order valence-electron chi connectivity index (χ1n) is 4.80. The monoisotopic (exact) mass is 210 g/mol. The summed E-state index contributed by atoms with van der Waals surface area (Å²) < 4.78 is 0. The third kappa shape index (κ3) is 3.27. The van der Waals surface area contributed by atoms with Gasteiger partial charge in [-0.2, -0.15) is 0 Å². The fourth-order valence-corrected chi connectivity index (χ4v) is 1.03. The summed E-state index contributed by atoms with van der Waals surface area (Å²) in [6, 6.07) is 0. The van der Waals surface area contributed by atoms with Crippen molar-refractivity contribution < 1.29 is 15.0 Å². The SMILES string of the molecule is C/C=C\C(/C=C/C)=C(O)C(C)(C)C(=O)O. The van der Waals surface area contributed by atoms with Crippen molar-refractivity contribution in [2.45, 2.75) is 27.7 Å². The predicted molar refractivity (Wildman–Crippen MR) is 60.7 cm³/mol. The number of rotatable bonds is 4. The lowest BCUT2D eigenvalue weighted by Gasteiger charge is -2.19. The average Bonchev–Trinajstić information content (AvgIpc) is 2.16. The Morgan fingerprint density at radius 1 is 1.07 bits per heavy atom. The molecule has 84 valence electrons. The third-order valence-corrected chi connectivity index (χ3v) is 2.09. The van der Waals surface area contributed by atoms with E-state index >= 15 is 0 Å². The van der Waals surface area contributed by atoms with E-state index in [2.05, 4.69) is 0 Å². The molecule has 15 heavy (non-hydrogen) atoms. The Morgan fingerprint density at radius 3 is 1.73 bits per heavy atom. The molecule has 0 spiro atoms. The number of hydrogen-bond acceptors (Lipinski definition) is 2. The van der Waals surface area contributed by atoms with E-state index in [0.29, 0.717) is 5.57 Å². The predicted octanol–water partition coefficient (Wildman–Crippen LogP) is 3.06. The van der Waals surface area contributed by atoms with Gasteiger partial charge < -0.3 is 10.2 Å². The van der Waals surface area contributed by atoms with Gasteiger partial charge in [0.05, 0.1) is 0 Å². The number of carboxylic acids is 1. The number of aliphatic hydroxyl groups is 1. The molecule has 0 amide bonds. The molecule has 0 aliphatic heterocycles. The molecule has 0 fully saturated rings. The minimum Gasteiger partial charge on any atom is -0.510 e. The molecule has 0 atom stereocenters. The normalized spacial score (nSPS) is 14.7. The molecule has 0 aromatic carbocycles. The number of aliphatic carboxylic acids is 1. The molecule has 2 N–H and O–H groups in total. The smallest absolute Gasteiger partial charge is 0.316 e. The van der Waals surface area contributed by atoms with Crippen LogP contribution in [0.4, 0.5) is 0 Å². The molecule has 0 heterocycles. The highest BCUT2D eigenvalue weighted by atomic mass is 16.4. The maximum atomic E-state index is 10.9. The molecule has 0 saturated carbocycles. The van der Waals surface area contributed by atoms with Crippen LogP contribution in [0.15, 0.2) is 35.6 Å². The van der Waals surface area contributed by atoms with Crippen LogP contribution in [0.2, 0.25) is 0 Å². The molecule has 3 heteroatoms. The second-order valence-corrected chi connectivity index (χ2v) is 3.73. The van der Waals surface area contributed by atoms with E-state index in [1.807, 2.05) is 13.8 Å². The van der Waals surface area contributed by atoms with E-state index in [0.717, 1.165) is 0 Å². The number of aliphatic hydroxyl groups excluding tert-OH is 1. The maximum Gasteiger partial charge on any atom is 0.316 e. The van der Waals surface area contributed by atoms with Crippen LogP contribution in [0.3, 0.4) is 0 Å². The quantitative estimate of drug-likeness (QED) is 0.553. The van der Waals surface area contributed by atoms with Crippen molar-refractivity contribution in [1.29, 1.82) is 0 Å². The molecule has 0 aliphatic carbocycles. The Bertz CT molecular complexity index is 306. The van der Waals surface area contributed by atoms with E-state index in [1.54, 1.807) is 24.3 Å². The summed E-state index contributed by atoms with van der Waals surface area (Å²) >= 11 is 0. The number of carboxylic acid groups (broad SMARTS) is 1. The highest BCUT2D eigenvalue weighted by Gasteiger charge is 2.33. The van der Waals surface area contributed by atoms with Gasteiger partial charge in [0.1, 0.15) is 11.2 Å². The van der Waals surface area contributed by atoms with Crippen molar-refractivity contribution in [2.24, 2.45) is 5.41 Å². The second-order valence-electron chi connectivity index (χ2n) is 3.73. The summed E-state index contributed by atoms with van der Waals surface area (Å²) in [5.41, 5.74) is -0.749. The molecule has 0 aromatic heterocycles. The highest BCUT2D eigenvalue weighted by Crippen LogP contribution is 2.28. The Balaban J connectivity index is 5.45. The van der Waals surface area contributed by atoms with Crippen molar-refractivity contribution >= 4 is 5.97 Å². The summed E-state index contributed by atoms with van der Waals surface area (Å²) in [4.78, 5) is 10.9. The first kappa shape index (κ1) is 13.5. The van der Waals surface area contributed by atoms with Gasteiger partial charge in [0.25, 0.3) is 0 Å². The molecule has 0 saturated heterocycles. The van der Waals surface area contributed by atoms with Gasteiger partial charge in [0.15, 0.2) is 0 Å². The van der Waals surface area contributed by atoms with Gasteiger partial charge in [-0.05, 0) is 27.7 Å². The van der Waals surface area contributed by atoms with Gasteiger partial charge in [-0.15, -0.1) is 0 Å². The van der Waals surface area contributed by atoms with Crippen molar-refractivity contribution in [3.63, 3.8) is 0 Å². The Hall–Kier alpha value is -1.51. The molecule has 0 bridgehead atoms. The van der Waals surface area contributed by atoms with Crippen molar-refractivity contribution in [3.8, 4) is 0 Å². The minimum absolute atomic E-state index is 0.133. The van der Waals surface area contributed by atoms with E-state index in [1.165, 1.54) is 13.8 Å². The average molecular weight is 210 g/mol. The van der Waals surface area contributed by atoms with E-state index in [9.17, 15) is 9.90 Å². The summed E-state index contributed by atoms with van der Waals surface area (Å²) in [5, 5.41) is 18.8. The van der Waals surface area contributed by atoms with E-state index < -0.39 is 11.4 Å². The van der Waals surface area contributed by atoms with Gasteiger partial charge in [0.2, 0.25) is 0 Å². The first-order valence-corrected chi connectivity index (χ1v) is 4.80. The lowest BCUT2D eigenvalue weighted by molar-refractivity contribution is -0.146. The summed E-state index contributed by atoms with van der Waals surface area (Å²) in [5.74, 6) is -1.18. The van der Waals surface area contributed by atoms with Crippen LogP contribution in [0.5, 0.6) is 0 Å². The fourth-order valence-electron chi connectivity index (χ4n) is 1.03. The van der Waals surface area contributed by atoms with Crippen molar-refractivity contribution in [3.05, 3.63) is 35.6 Å². The summed E-state index contributed by atoms with van der Waals surface area (Å²) in [6.07, 6.45) is 6.87. The van der Waals surface area contributed by atoms with Gasteiger partial charge in [0, 0.05) is 5.57 Å². The molecular weight excluding hydrogens is 192 g/mol. The number of carbonyl (C=O) groups is 1.